The third kappa shape index (κ3) is 3.72. The van der Waals surface area contributed by atoms with Gasteiger partial charge in [-0.05, 0) is 19.1 Å². The lowest BCUT2D eigenvalue weighted by Gasteiger charge is -2.13. The molecule has 0 spiro atoms. The number of sulfonamides is 1. The minimum Gasteiger partial charge on any atom is -0.478 e. The molecule has 0 aromatic heterocycles. The van der Waals surface area contributed by atoms with Crippen LogP contribution in [0.4, 0.5) is 4.39 Å². The average Bonchev–Trinajstić information content (AvgIpc) is 2.30. The van der Waals surface area contributed by atoms with Gasteiger partial charge in [0.05, 0.1) is 12.2 Å². The predicted octanol–water partition coefficient (Wildman–Crippen LogP) is 0.946. The molecule has 0 aliphatic carbocycles. The molecule has 1 aromatic carbocycles. The molecule has 0 amide bonds. The number of carboxylic acid groups (broad SMARTS) is 1. The van der Waals surface area contributed by atoms with Gasteiger partial charge in [-0.15, -0.1) is 0 Å². The van der Waals surface area contributed by atoms with E-state index < -0.39 is 44.9 Å². The van der Waals surface area contributed by atoms with E-state index in [9.17, 15) is 17.6 Å². The number of rotatable bonds is 5. The Morgan fingerprint density at radius 1 is 1.53 bits per heavy atom. The topological polar surface area (TPSA) is 104 Å². The van der Waals surface area contributed by atoms with Crippen LogP contribution in [0.5, 0.6) is 0 Å². The fourth-order valence-corrected chi connectivity index (χ4v) is 3.25. The zero-order valence-electron chi connectivity index (χ0n) is 9.72. The van der Waals surface area contributed by atoms with Crippen molar-refractivity contribution in [3.05, 3.63) is 28.0 Å². The normalized spacial score (nSPS) is 13.3. The molecule has 0 saturated heterocycles. The molecular formula is C10H11BrFNO5S. The van der Waals surface area contributed by atoms with E-state index in [1.807, 2.05) is 4.72 Å². The number of halogens is 2. The van der Waals surface area contributed by atoms with Crippen molar-refractivity contribution in [1.82, 2.24) is 4.72 Å². The van der Waals surface area contributed by atoms with Crippen molar-refractivity contribution in [3.8, 4) is 0 Å². The Morgan fingerprint density at radius 3 is 2.58 bits per heavy atom. The van der Waals surface area contributed by atoms with Gasteiger partial charge in [-0.1, -0.05) is 15.9 Å². The lowest BCUT2D eigenvalue weighted by atomic mass is 10.2. The van der Waals surface area contributed by atoms with Gasteiger partial charge in [0.15, 0.2) is 5.82 Å². The fourth-order valence-electron chi connectivity index (χ4n) is 1.28. The molecule has 1 atom stereocenters. The molecule has 19 heavy (non-hydrogen) atoms. The Balaban J connectivity index is 3.39. The van der Waals surface area contributed by atoms with Crippen LogP contribution in [0.15, 0.2) is 21.5 Å². The van der Waals surface area contributed by atoms with Gasteiger partial charge in [0.25, 0.3) is 0 Å². The highest BCUT2D eigenvalue weighted by molar-refractivity contribution is 9.10. The molecule has 1 rings (SSSR count). The van der Waals surface area contributed by atoms with E-state index in [0.717, 1.165) is 12.1 Å². The van der Waals surface area contributed by atoms with Gasteiger partial charge >= 0.3 is 5.97 Å². The number of carbonyl (C=O) groups is 1. The summed E-state index contributed by atoms with van der Waals surface area (Å²) in [6.07, 6.45) is 0. The van der Waals surface area contributed by atoms with E-state index in [4.69, 9.17) is 10.2 Å². The first-order valence-corrected chi connectivity index (χ1v) is 7.32. The zero-order chi connectivity index (χ0) is 14.8. The number of hydrogen-bond donors (Lipinski definition) is 3. The molecule has 0 unspecified atom stereocenters. The van der Waals surface area contributed by atoms with Gasteiger partial charge < -0.3 is 10.2 Å². The monoisotopic (exact) mass is 355 g/mol. The van der Waals surface area contributed by atoms with Gasteiger partial charge in [-0.2, -0.15) is 0 Å². The summed E-state index contributed by atoms with van der Waals surface area (Å²) in [7, 11) is -4.26. The Labute approximate surface area is 117 Å². The van der Waals surface area contributed by atoms with Crippen molar-refractivity contribution in [2.45, 2.75) is 17.9 Å². The Morgan fingerprint density at radius 2 is 2.11 bits per heavy atom. The first kappa shape index (κ1) is 16.0. The van der Waals surface area contributed by atoms with E-state index in [-0.39, 0.29) is 4.47 Å². The molecule has 0 radical (unpaired) electrons. The van der Waals surface area contributed by atoms with Crippen LogP contribution in [0.3, 0.4) is 0 Å². The standard InChI is InChI=1S/C10H11BrFNO5S/c1-5(4-14)13-19(17,18)8-3-6(11)2-7(9(8)12)10(15)16/h2-3,5,13-14H,4H2,1H3,(H,15,16)/t5-/m1/s1. The summed E-state index contributed by atoms with van der Waals surface area (Å²) in [4.78, 5) is 10.0. The van der Waals surface area contributed by atoms with Gasteiger partial charge in [-0.3, -0.25) is 0 Å². The minimum absolute atomic E-state index is 0.114. The molecule has 106 valence electrons. The number of aliphatic hydroxyl groups excluding tert-OH is 1. The van der Waals surface area contributed by atoms with Crippen LogP contribution >= 0.6 is 15.9 Å². The molecule has 0 aliphatic heterocycles. The van der Waals surface area contributed by atoms with E-state index in [1.54, 1.807) is 0 Å². The maximum atomic E-state index is 13.9. The maximum Gasteiger partial charge on any atom is 0.338 e. The average molecular weight is 356 g/mol. The van der Waals surface area contributed by atoms with Crippen LogP contribution in [-0.2, 0) is 10.0 Å². The lowest BCUT2D eigenvalue weighted by Crippen LogP contribution is -2.35. The maximum absolute atomic E-state index is 13.9. The van der Waals surface area contributed by atoms with Crippen LogP contribution in [0.25, 0.3) is 0 Å². The molecule has 0 saturated carbocycles. The minimum atomic E-state index is -4.26. The Kier molecular flexibility index (Phi) is 5.02. The second kappa shape index (κ2) is 5.95. The van der Waals surface area contributed by atoms with Crippen molar-refractivity contribution in [2.75, 3.05) is 6.61 Å². The number of aliphatic hydroxyl groups is 1. The zero-order valence-corrected chi connectivity index (χ0v) is 12.1. The second-order valence-corrected chi connectivity index (χ2v) is 6.37. The highest BCUT2D eigenvalue weighted by Crippen LogP contribution is 2.24. The first-order valence-electron chi connectivity index (χ1n) is 5.04. The second-order valence-electron chi connectivity index (χ2n) is 3.78. The number of hydrogen-bond acceptors (Lipinski definition) is 4. The Bertz CT molecular complexity index is 604. The molecule has 9 heteroatoms. The smallest absolute Gasteiger partial charge is 0.338 e. The lowest BCUT2D eigenvalue weighted by molar-refractivity contribution is 0.0691. The van der Waals surface area contributed by atoms with E-state index >= 15 is 0 Å². The summed E-state index contributed by atoms with van der Waals surface area (Å²) in [5.41, 5.74) is -0.758. The van der Waals surface area contributed by atoms with Crippen molar-refractivity contribution < 1.29 is 27.8 Å². The molecule has 3 N–H and O–H groups in total. The van der Waals surface area contributed by atoms with Gasteiger partial charge in [-0.25, -0.2) is 22.3 Å². The first-order chi connectivity index (χ1) is 8.69. The summed E-state index contributed by atoms with van der Waals surface area (Å²) < 4.78 is 39.8. The summed E-state index contributed by atoms with van der Waals surface area (Å²) in [6, 6.07) is 1.09. The molecule has 1 aromatic rings. The van der Waals surface area contributed by atoms with Crippen molar-refractivity contribution in [3.63, 3.8) is 0 Å². The van der Waals surface area contributed by atoms with Crippen molar-refractivity contribution in [1.29, 1.82) is 0 Å². The van der Waals surface area contributed by atoms with E-state index in [1.165, 1.54) is 6.92 Å². The van der Waals surface area contributed by atoms with Crippen molar-refractivity contribution >= 4 is 31.9 Å². The highest BCUT2D eigenvalue weighted by atomic mass is 79.9. The van der Waals surface area contributed by atoms with Crippen LogP contribution in [-0.4, -0.2) is 37.2 Å². The molecule has 0 fully saturated rings. The van der Waals surface area contributed by atoms with E-state index in [0.29, 0.717) is 0 Å². The van der Waals surface area contributed by atoms with Gasteiger partial charge in [0.2, 0.25) is 10.0 Å². The third-order valence-corrected chi connectivity index (χ3v) is 4.20. The predicted molar refractivity (Wildman–Crippen MR) is 67.9 cm³/mol. The fraction of sp³-hybridized carbons (Fsp3) is 0.300. The summed E-state index contributed by atoms with van der Waals surface area (Å²) in [6.45, 7) is 0.909. The van der Waals surface area contributed by atoms with E-state index in [2.05, 4.69) is 15.9 Å². The SMILES string of the molecule is C[C@H](CO)NS(=O)(=O)c1cc(Br)cc(C(=O)O)c1F. The molecule has 0 heterocycles. The number of benzene rings is 1. The molecule has 6 nitrogen and oxygen atoms in total. The van der Waals surface area contributed by atoms with Crippen LogP contribution in [0.2, 0.25) is 0 Å². The quantitative estimate of drug-likeness (QED) is 0.729. The third-order valence-electron chi connectivity index (χ3n) is 2.15. The summed E-state index contributed by atoms with van der Waals surface area (Å²) >= 11 is 2.92. The molecule has 0 bridgehead atoms. The number of nitrogens with one attached hydrogen (secondary N) is 1. The summed E-state index contributed by atoms with van der Waals surface area (Å²) in [5, 5.41) is 17.6. The number of aromatic carboxylic acids is 1. The number of carboxylic acids is 1. The Hall–Kier alpha value is -1.03. The van der Waals surface area contributed by atoms with Gasteiger partial charge in [0.1, 0.15) is 4.90 Å². The molecular weight excluding hydrogens is 345 g/mol. The highest BCUT2D eigenvalue weighted by Gasteiger charge is 2.26. The molecule has 0 aliphatic rings. The van der Waals surface area contributed by atoms with Crippen LogP contribution in [0, 0.1) is 5.82 Å². The van der Waals surface area contributed by atoms with Crippen molar-refractivity contribution in [2.24, 2.45) is 0 Å². The van der Waals surface area contributed by atoms with Gasteiger partial charge in [0, 0.05) is 10.5 Å². The van der Waals surface area contributed by atoms with Crippen LogP contribution in [0.1, 0.15) is 17.3 Å². The largest absolute Gasteiger partial charge is 0.478 e. The van der Waals surface area contributed by atoms with Crippen LogP contribution < -0.4 is 4.72 Å². The summed E-state index contributed by atoms with van der Waals surface area (Å²) in [5.74, 6) is -2.93.